The molecule has 10 heterocycles. The Balaban J connectivity index is 0.000000134. The van der Waals surface area contributed by atoms with Gasteiger partial charge in [0.05, 0.1) is 97.8 Å². The molecule has 1 atom stereocenters. The molecule has 2 amide bonds. The van der Waals surface area contributed by atoms with Crippen LogP contribution >= 0.6 is 46.3 Å². The van der Waals surface area contributed by atoms with Gasteiger partial charge >= 0.3 is 5.97 Å². The maximum Gasteiger partial charge on any atom is 0.341 e. The van der Waals surface area contributed by atoms with Crippen LogP contribution in [-0.2, 0) is 59.5 Å². The second-order valence-corrected chi connectivity index (χ2v) is 36.9. The summed E-state index contributed by atoms with van der Waals surface area (Å²) in [6.45, 7) is 17.7. The standard InChI is InChI=1S/C18H14ClN3O2.C18H15ClN2O3.C18H24N2O2S2.C17H15N3O3.C17H18N2O3.C16H16N4O3/c1-10-16-17(24-15-8-7-11(23-2)9-13(15)19)12-5-3-4-6-14(12)20-18(16)22-21-10;1-24-17-5-3-2-4-12(17)8-14(22)10-21-11-20-16-9-13(19)6-7-15(16)18(21)23;1-5-20-16(22)14-11-8-6-7-9-12(11)24-15(14)19-17(20)23-10-13(21)18(2,3)4;1-9-7-10(2)18-13(8-9)20-17(23)14-15(21)11-5-3-4-6-12(11)19-16(14)22;1-10-5-3-6-11(9-10)16(20)19-15-14(17(21)22-2)12-7-4-8-13(12)18-15;1-8-12-13(9-5-4-6-11(21-2)14(9)22-3)10(7-17)15(18)23-16(12)20-19-8/h3-9H,1-2H3,(H,20,21,22);2-7,9,11H,8,10H2,1H3;5-10H2,1-4H3;3-8H,1-2H3,(H,18,20,23)(H2,19,21,22);3,5-6,9,18H,4,7-8H2,1-2H3,(H,19,20);4-6,13H,18H2,1-3H3,(H,19,20). The van der Waals surface area contributed by atoms with E-state index in [-0.39, 0.29) is 64.2 Å². The van der Waals surface area contributed by atoms with Crippen molar-refractivity contribution < 1.29 is 62.2 Å². The zero-order chi connectivity index (χ0) is 100. The molecule has 3 aliphatic rings. The Morgan fingerprint density at radius 3 is 2.11 bits per heavy atom. The molecule has 0 spiro atoms. The molecule has 1 unspecified atom stereocenters. The number of H-pyrrole nitrogens is 4. The Morgan fingerprint density at radius 2 is 1.39 bits per heavy atom. The Labute approximate surface area is 822 Å². The van der Waals surface area contributed by atoms with Gasteiger partial charge in [0, 0.05) is 90.1 Å². The van der Waals surface area contributed by atoms with Crippen molar-refractivity contribution in [2.75, 3.05) is 51.9 Å². The smallest absolute Gasteiger partial charge is 0.341 e. The van der Waals surface area contributed by atoms with Crippen LogP contribution in [0.2, 0.25) is 10.0 Å². The molecular formula is C104H102Cl2N16O16S2. The molecule has 32 nitrogen and oxygen atoms in total. The van der Waals surface area contributed by atoms with E-state index in [0.29, 0.717) is 124 Å². The highest BCUT2D eigenvalue weighted by atomic mass is 35.5. The van der Waals surface area contributed by atoms with E-state index in [1.165, 1.54) is 46.6 Å². The average molecular weight is 1970 g/mol. The number of para-hydroxylation sites is 4. The number of carbonyl (C=O) groups excluding carboxylic acids is 5. The molecule has 19 rings (SSSR count). The average Bonchev–Trinajstić information content (AvgIpc) is 0.847. The van der Waals surface area contributed by atoms with E-state index in [9.17, 15) is 48.7 Å². The number of methoxy groups -OCH3 is 5. The first-order valence-electron chi connectivity index (χ1n) is 44.6. The number of pyridine rings is 3. The van der Waals surface area contributed by atoms with Crippen molar-refractivity contribution in [1.82, 2.24) is 59.4 Å². The summed E-state index contributed by atoms with van der Waals surface area (Å²) in [6.07, 6.45) is 8.70. The number of thiophene rings is 1. The number of nitrogens with two attached hydrogens (primary N) is 1. The lowest BCUT2D eigenvalue weighted by Gasteiger charge is -2.25. The number of amides is 2. The second-order valence-electron chi connectivity index (χ2n) is 34.0. The molecule has 720 valence electrons. The molecule has 9 aromatic heterocycles. The lowest BCUT2D eigenvalue weighted by Crippen LogP contribution is -2.25. The predicted molar refractivity (Wildman–Crippen MR) is 542 cm³/mol. The van der Waals surface area contributed by atoms with Gasteiger partial charge in [-0.15, -0.1) is 16.4 Å². The number of aromatic hydroxyl groups is 1. The summed E-state index contributed by atoms with van der Waals surface area (Å²) in [5.41, 5.74) is 18.0. The number of benzene rings is 7. The van der Waals surface area contributed by atoms with E-state index >= 15 is 0 Å². The van der Waals surface area contributed by atoms with Gasteiger partial charge in [0.2, 0.25) is 11.8 Å². The fourth-order valence-corrected chi connectivity index (χ4v) is 19.4. The second kappa shape index (κ2) is 44.4. The topological polar surface area (TPSA) is 446 Å². The summed E-state index contributed by atoms with van der Waals surface area (Å²) in [5, 5.41) is 44.5. The Kier molecular flexibility index (Phi) is 31.8. The SMILES string of the molecule is CCn1c(SCC(=O)C(C)(C)C)nc2sc3c(c2c1=O)CCCC3.COC(=O)c1c(NC(=O)c2cccc(C)c2)[nH]c2c1CCC2.COc1ccc(Oc2c3ccccc3nc3n[nH]c(C)c23)c(Cl)c1.COc1cccc(C2C(C#N)=C(N)Oc3n[nH]c(C)c32)c1OC.COc1ccccc1CC(=O)Cn1cnc2cc(Cl)ccc2c1=O.Cc1cc(C)nc(NC(=O)c2c(O)c3ccccc3[nH]c2=O)c1. The largest absolute Gasteiger partial charge is 0.506 e. The number of ketones is 2. The number of anilines is 2. The van der Waals surface area contributed by atoms with E-state index < -0.39 is 23.4 Å². The van der Waals surface area contributed by atoms with E-state index in [1.807, 2.05) is 147 Å². The number of carbonyl (C=O) groups is 5. The van der Waals surface area contributed by atoms with Crippen LogP contribution in [0.15, 0.2) is 201 Å². The zero-order valence-corrected chi connectivity index (χ0v) is 82.4. The van der Waals surface area contributed by atoms with Gasteiger partial charge in [-0.25, -0.2) is 24.7 Å². The molecule has 16 aromatic rings. The van der Waals surface area contributed by atoms with Crippen LogP contribution in [0, 0.1) is 51.4 Å². The Morgan fingerprint density at radius 1 is 0.671 bits per heavy atom. The van der Waals surface area contributed by atoms with Crippen LogP contribution in [0.3, 0.4) is 0 Å². The third kappa shape index (κ3) is 22.4. The minimum atomic E-state index is -0.702. The third-order valence-electron chi connectivity index (χ3n) is 23.4. The van der Waals surface area contributed by atoms with Gasteiger partial charge < -0.3 is 64.6 Å². The van der Waals surface area contributed by atoms with Crippen LogP contribution in [0.4, 0.5) is 11.6 Å². The summed E-state index contributed by atoms with van der Waals surface area (Å²) < 4.78 is 40.8. The van der Waals surface area contributed by atoms with Crippen molar-refractivity contribution in [2.24, 2.45) is 11.1 Å². The first-order chi connectivity index (χ1) is 67.2. The summed E-state index contributed by atoms with van der Waals surface area (Å²) in [6, 6.07) is 50.6. The van der Waals surface area contributed by atoms with Crippen molar-refractivity contribution in [1.29, 1.82) is 5.26 Å². The number of nitriles is 1. The number of hydrogen-bond donors (Lipinski definition) is 8. The highest BCUT2D eigenvalue weighted by Gasteiger charge is 2.38. The van der Waals surface area contributed by atoms with E-state index in [0.717, 1.165) is 121 Å². The van der Waals surface area contributed by atoms with Crippen LogP contribution in [0.1, 0.15) is 151 Å². The highest BCUT2D eigenvalue weighted by molar-refractivity contribution is 7.99. The lowest BCUT2D eigenvalue weighted by molar-refractivity contribution is -0.123. The van der Waals surface area contributed by atoms with Crippen LogP contribution in [0.25, 0.3) is 54.0 Å². The molecule has 7 aromatic carbocycles. The number of aryl methyl sites for hydroxylation is 8. The van der Waals surface area contributed by atoms with Gasteiger partial charge in [0.1, 0.15) is 73.8 Å². The van der Waals surface area contributed by atoms with E-state index in [1.54, 1.807) is 123 Å². The summed E-state index contributed by atoms with van der Waals surface area (Å²) >= 11 is 15.3. The number of Topliss-reactive ketones (excluding diaryl/α,β-unsaturated/α-hetero) is 2. The van der Waals surface area contributed by atoms with Crippen molar-refractivity contribution in [3.63, 3.8) is 0 Å². The van der Waals surface area contributed by atoms with Crippen LogP contribution in [0.5, 0.6) is 46.1 Å². The zero-order valence-electron chi connectivity index (χ0n) is 79.3. The van der Waals surface area contributed by atoms with Gasteiger partial charge in [0.25, 0.3) is 28.5 Å². The number of nitrogens with one attached hydrogen (secondary N) is 6. The van der Waals surface area contributed by atoms with Gasteiger partial charge in [0.15, 0.2) is 28.1 Å². The molecule has 9 N–H and O–H groups in total. The summed E-state index contributed by atoms with van der Waals surface area (Å²) in [7, 11) is 7.63. The van der Waals surface area contributed by atoms with Crippen molar-refractivity contribution in [3.8, 4) is 52.2 Å². The predicted octanol–water partition coefficient (Wildman–Crippen LogP) is 19.1. The minimum Gasteiger partial charge on any atom is -0.506 e. The molecule has 0 radical (unpaired) electrons. The molecule has 0 bridgehead atoms. The number of rotatable bonds is 20. The van der Waals surface area contributed by atoms with Crippen LogP contribution < -0.4 is 61.5 Å². The number of allylic oxidation sites excluding steroid dienone is 1. The van der Waals surface area contributed by atoms with E-state index in [2.05, 4.69) is 62.0 Å². The molecule has 0 saturated carbocycles. The number of esters is 1. The van der Waals surface area contributed by atoms with Gasteiger partial charge in [-0.05, 0) is 194 Å². The normalized spacial score (nSPS) is 12.8. The number of thioether (sulfide) groups is 1. The number of ether oxygens (including phenoxy) is 7. The molecule has 36 heteroatoms. The lowest BCUT2D eigenvalue weighted by atomic mass is 9.83. The molecule has 2 aliphatic carbocycles. The molecular weight excluding hydrogens is 1860 g/mol. The van der Waals surface area contributed by atoms with Crippen molar-refractivity contribution in [3.05, 3.63) is 306 Å². The van der Waals surface area contributed by atoms with Gasteiger partial charge in [-0.1, -0.05) is 128 Å². The third-order valence-corrected chi connectivity index (χ3v) is 26.1. The molecule has 140 heavy (non-hydrogen) atoms. The monoisotopic (exact) mass is 1960 g/mol. The maximum absolute atomic E-state index is 13.0. The number of fused-ring (bicyclic) bond motifs is 9. The Hall–Kier alpha value is -15.4. The summed E-state index contributed by atoms with van der Waals surface area (Å²) in [4.78, 5) is 125. The number of nitrogens with zero attached hydrogens (tertiary/aromatic N) is 9. The number of aromatic amines is 4. The first-order valence-corrected chi connectivity index (χ1v) is 47.2. The minimum absolute atomic E-state index is 0.0392. The fraction of sp³-hybridized carbons (Fsp3) is 0.260. The number of halogens is 2. The fourth-order valence-electron chi connectivity index (χ4n) is 16.5. The van der Waals surface area contributed by atoms with Crippen molar-refractivity contribution >= 4 is 141 Å². The van der Waals surface area contributed by atoms with Crippen molar-refractivity contribution in [2.45, 2.75) is 138 Å². The summed E-state index contributed by atoms with van der Waals surface area (Å²) in [5.74, 6) is 3.17. The molecule has 0 saturated heterocycles. The maximum atomic E-state index is 13.0. The quantitative estimate of drug-likeness (QED) is 0.0200. The first kappa shape index (κ1) is 100. The number of aromatic nitrogens is 12. The van der Waals surface area contributed by atoms with Gasteiger partial charge in [-0.3, -0.25) is 52.9 Å². The molecule has 0 fully saturated rings. The Bertz CT molecular complexity index is 7730. The number of hydrogen-bond acceptors (Lipinski definition) is 26. The van der Waals surface area contributed by atoms with Gasteiger partial charge in [-0.2, -0.15) is 10.4 Å². The highest BCUT2D eigenvalue weighted by Crippen LogP contribution is 2.49. The molecule has 1 aliphatic heterocycles. The van der Waals surface area contributed by atoms with Crippen LogP contribution in [-0.4, -0.2) is 135 Å². The van der Waals surface area contributed by atoms with E-state index in [4.69, 9.17) is 67.1 Å².